The second kappa shape index (κ2) is 13.1. The predicted molar refractivity (Wildman–Crippen MR) is 164 cm³/mol. The molecule has 6 rings (SSSR count). The van der Waals surface area contributed by atoms with Gasteiger partial charge in [0.2, 0.25) is 5.95 Å². The summed E-state index contributed by atoms with van der Waals surface area (Å²) in [6.07, 6.45) is 9.05. The lowest BCUT2D eigenvalue weighted by Crippen LogP contribution is -2.35. The Labute approximate surface area is 252 Å². The highest BCUT2D eigenvalue weighted by atomic mass is 32.2. The Morgan fingerprint density at radius 2 is 1.88 bits per heavy atom. The third kappa shape index (κ3) is 6.97. The van der Waals surface area contributed by atoms with E-state index in [0.29, 0.717) is 40.5 Å². The zero-order valence-electron chi connectivity index (χ0n) is 23.9. The second-order valence-corrected chi connectivity index (χ2v) is 11.9. The van der Waals surface area contributed by atoms with Crippen molar-refractivity contribution in [1.82, 2.24) is 29.4 Å². The molecule has 43 heavy (non-hydrogen) atoms. The van der Waals surface area contributed by atoms with E-state index in [1.807, 2.05) is 24.3 Å². The standard InChI is InChI=1S/C31H33N7O4S/c1-37-14-15-42-28(19-37)22-8-10-25(11-9-22)35-31-34-17-24-16-23(7-6-21-4-2-3-5-21)30(39)38(29(24)36-31)18-26-27(20-43(40)41)33-13-12-32-26/h8-13,16-17,21,28H,2-5,14-15,18-20H2,1H3,(H,40,41)(H,34,35,36). The molecule has 0 amide bonds. The lowest BCUT2D eigenvalue weighted by atomic mass is 10.1. The summed E-state index contributed by atoms with van der Waals surface area (Å²) in [5.74, 6) is 6.81. The van der Waals surface area contributed by atoms with Gasteiger partial charge in [0.25, 0.3) is 5.56 Å². The van der Waals surface area contributed by atoms with Gasteiger partial charge in [-0.25, -0.2) is 9.19 Å². The van der Waals surface area contributed by atoms with Gasteiger partial charge in [-0.15, -0.1) is 0 Å². The number of nitrogens with one attached hydrogen (secondary N) is 1. The molecule has 0 bridgehead atoms. The van der Waals surface area contributed by atoms with Crippen molar-refractivity contribution in [3.05, 3.63) is 81.8 Å². The van der Waals surface area contributed by atoms with E-state index in [9.17, 15) is 13.6 Å². The van der Waals surface area contributed by atoms with E-state index in [4.69, 9.17) is 9.72 Å². The summed E-state index contributed by atoms with van der Waals surface area (Å²) in [5.41, 5.74) is 3.07. The molecule has 3 aromatic heterocycles. The molecule has 1 aromatic carbocycles. The number of benzene rings is 1. The minimum absolute atomic E-state index is 0.00956. The number of morpholine rings is 1. The first-order valence-corrected chi connectivity index (χ1v) is 15.7. The number of nitrogens with zero attached hydrogens (tertiary/aromatic N) is 6. The van der Waals surface area contributed by atoms with Crippen molar-refractivity contribution in [2.45, 2.75) is 44.1 Å². The molecule has 2 unspecified atom stereocenters. The number of anilines is 2. The summed E-state index contributed by atoms with van der Waals surface area (Å²) in [6.45, 7) is 2.48. The molecule has 222 valence electrons. The highest BCUT2D eigenvalue weighted by molar-refractivity contribution is 7.78. The van der Waals surface area contributed by atoms with Crippen molar-refractivity contribution >= 4 is 33.7 Å². The number of aromatic nitrogens is 5. The van der Waals surface area contributed by atoms with Gasteiger partial charge in [0, 0.05) is 48.7 Å². The summed E-state index contributed by atoms with van der Waals surface area (Å²) in [4.78, 5) is 33.9. The average Bonchev–Trinajstić information content (AvgIpc) is 3.53. The van der Waals surface area contributed by atoms with E-state index in [1.165, 1.54) is 17.0 Å². The quantitative estimate of drug-likeness (QED) is 0.239. The van der Waals surface area contributed by atoms with Crippen LogP contribution in [0.2, 0.25) is 0 Å². The third-order valence-electron chi connectivity index (χ3n) is 7.83. The maximum absolute atomic E-state index is 13.8. The molecule has 2 atom stereocenters. The van der Waals surface area contributed by atoms with Crippen LogP contribution >= 0.6 is 0 Å². The summed E-state index contributed by atoms with van der Waals surface area (Å²) in [6, 6.07) is 9.70. The smallest absolute Gasteiger partial charge is 0.268 e. The molecular formula is C31H33N7O4S. The first kappa shape index (κ1) is 29.1. The van der Waals surface area contributed by atoms with E-state index in [0.717, 1.165) is 50.0 Å². The van der Waals surface area contributed by atoms with Crippen molar-refractivity contribution in [1.29, 1.82) is 0 Å². The molecule has 1 saturated carbocycles. The van der Waals surface area contributed by atoms with Gasteiger partial charge in [0.1, 0.15) is 5.65 Å². The van der Waals surface area contributed by atoms with Crippen LogP contribution in [0.5, 0.6) is 0 Å². The fourth-order valence-electron chi connectivity index (χ4n) is 5.51. The van der Waals surface area contributed by atoms with Gasteiger partial charge in [-0.2, -0.15) is 4.98 Å². The van der Waals surface area contributed by atoms with Crippen LogP contribution in [0.4, 0.5) is 11.6 Å². The van der Waals surface area contributed by atoms with Crippen molar-refractivity contribution in [2.75, 3.05) is 32.1 Å². The number of hydrogen-bond donors (Lipinski definition) is 2. The second-order valence-electron chi connectivity index (χ2n) is 11.0. The first-order valence-electron chi connectivity index (χ1n) is 14.4. The van der Waals surface area contributed by atoms with Crippen molar-refractivity contribution in [2.24, 2.45) is 5.92 Å². The van der Waals surface area contributed by atoms with Crippen LogP contribution in [0.15, 0.2) is 53.7 Å². The van der Waals surface area contributed by atoms with Crippen molar-refractivity contribution < 1.29 is 13.5 Å². The largest absolute Gasteiger partial charge is 0.371 e. The summed E-state index contributed by atoms with van der Waals surface area (Å²) < 4.78 is 28.5. The average molecular weight is 600 g/mol. The summed E-state index contributed by atoms with van der Waals surface area (Å²) in [7, 11) is 2.09. The maximum atomic E-state index is 13.8. The number of rotatable bonds is 7. The van der Waals surface area contributed by atoms with E-state index < -0.39 is 11.1 Å². The zero-order chi connectivity index (χ0) is 29.8. The molecule has 1 saturated heterocycles. The number of pyridine rings is 1. The van der Waals surface area contributed by atoms with Crippen LogP contribution in [0.3, 0.4) is 0 Å². The number of likely N-dealkylation sites (N-methyl/N-ethyl adjacent to an activating group) is 1. The van der Waals surface area contributed by atoms with Crippen LogP contribution in [0, 0.1) is 17.8 Å². The topological polar surface area (TPSA) is 135 Å². The molecular weight excluding hydrogens is 566 g/mol. The Bertz CT molecular complexity index is 1760. The van der Waals surface area contributed by atoms with E-state index in [2.05, 4.69) is 44.1 Å². The lowest BCUT2D eigenvalue weighted by molar-refractivity contribution is -0.0208. The molecule has 2 aliphatic rings. The Balaban J connectivity index is 1.35. The molecule has 4 heterocycles. The third-order valence-corrected chi connectivity index (χ3v) is 8.35. The van der Waals surface area contributed by atoms with Crippen LogP contribution in [0.25, 0.3) is 11.0 Å². The predicted octanol–water partition coefficient (Wildman–Crippen LogP) is 3.64. The SMILES string of the molecule is CN1CCOC(c2ccc(Nc3ncc4cc(C#CC5CCCC5)c(=O)n(Cc5nccnc5CS(=O)O)c4n3)cc2)C1. The fourth-order valence-corrected chi connectivity index (χ4v) is 5.99. The van der Waals surface area contributed by atoms with E-state index in [-0.39, 0.29) is 29.9 Å². The van der Waals surface area contributed by atoms with Crippen LogP contribution in [0.1, 0.15) is 54.3 Å². The zero-order valence-corrected chi connectivity index (χ0v) is 24.7. The van der Waals surface area contributed by atoms with Gasteiger partial charge in [0.05, 0.1) is 42.0 Å². The molecule has 12 heteroatoms. The van der Waals surface area contributed by atoms with E-state index in [1.54, 1.807) is 12.3 Å². The Hall–Kier alpha value is -4.02. The molecule has 2 N–H and O–H groups in total. The van der Waals surface area contributed by atoms with Gasteiger partial charge in [-0.3, -0.25) is 19.3 Å². The first-order chi connectivity index (χ1) is 20.9. The molecule has 0 spiro atoms. The van der Waals surface area contributed by atoms with Gasteiger partial charge in [0.15, 0.2) is 11.1 Å². The number of ether oxygens (including phenoxy) is 1. The van der Waals surface area contributed by atoms with Crippen molar-refractivity contribution in [3.8, 4) is 11.8 Å². The normalized spacial score (nSPS) is 18.3. The highest BCUT2D eigenvalue weighted by Gasteiger charge is 2.20. The van der Waals surface area contributed by atoms with Gasteiger partial charge in [-0.05, 0) is 43.7 Å². The molecule has 1 aliphatic carbocycles. The molecule has 1 aliphatic heterocycles. The van der Waals surface area contributed by atoms with Crippen LogP contribution in [-0.4, -0.2) is 64.9 Å². The van der Waals surface area contributed by atoms with Gasteiger partial charge in [-0.1, -0.05) is 36.8 Å². The Morgan fingerprint density at radius 1 is 1.12 bits per heavy atom. The molecule has 11 nitrogen and oxygen atoms in total. The van der Waals surface area contributed by atoms with E-state index >= 15 is 0 Å². The van der Waals surface area contributed by atoms with Crippen LogP contribution < -0.4 is 10.9 Å². The summed E-state index contributed by atoms with van der Waals surface area (Å²) in [5, 5.41) is 3.89. The minimum atomic E-state index is -2.12. The molecule has 0 radical (unpaired) electrons. The Kier molecular flexibility index (Phi) is 8.85. The Morgan fingerprint density at radius 3 is 2.63 bits per heavy atom. The van der Waals surface area contributed by atoms with Gasteiger partial charge < -0.3 is 19.5 Å². The monoisotopic (exact) mass is 599 g/mol. The highest BCUT2D eigenvalue weighted by Crippen LogP contribution is 2.25. The lowest BCUT2D eigenvalue weighted by Gasteiger charge is -2.30. The van der Waals surface area contributed by atoms with Crippen molar-refractivity contribution in [3.63, 3.8) is 0 Å². The minimum Gasteiger partial charge on any atom is -0.371 e. The van der Waals surface area contributed by atoms with Crippen LogP contribution in [-0.2, 0) is 28.1 Å². The molecule has 2 fully saturated rings. The number of fused-ring (bicyclic) bond motifs is 1. The maximum Gasteiger partial charge on any atom is 0.268 e. The number of hydrogen-bond acceptors (Lipinski definition) is 9. The van der Waals surface area contributed by atoms with Gasteiger partial charge >= 0.3 is 0 Å². The fraction of sp³-hybridized carbons (Fsp3) is 0.387. The molecule has 4 aromatic rings. The summed E-state index contributed by atoms with van der Waals surface area (Å²) >= 11 is -2.12.